The van der Waals surface area contributed by atoms with Crippen molar-refractivity contribution >= 4 is 23.3 Å². The Morgan fingerprint density at radius 2 is 2.00 bits per heavy atom. The maximum atomic E-state index is 12.1. The van der Waals surface area contributed by atoms with Gasteiger partial charge < -0.3 is 15.5 Å². The molecule has 22 heavy (non-hydrogen) atoms. The zero-order valence-corrected chi connectivity index (χ0v) is 14.3. The fourth-order valence-corrected chi connectivity index (χ4v) is 3.18. The maximum Gasteiger partial charge on any atom is 0.317 e. The summed E-state index contributed by atoms with van der Waals surface area (Å²) >= 11 is 1.60. The van der Waals surface area contributed by atoms with Gasteiger partial charge >= 0.3 is 6.03 Å². The molecule has 2 heterocycles. The second kappa shape index (κ2) is 7.13. The van der Waals surface area contributed by atoms with E-state index in [9.17, 15) is 9.59 Å². The number of nitrogens with zero attached hydrogens (tertiary/aromatic N) is 1. The van der Waals surface area contributed by atoms with Crippen LogP contribution in [0.5, 0.6) is 0 Å². The normalized spacial score (nSPS) is 16.4. The highest BCUT2D eigenvalue weighted by atomic mass is 32.1. The van der Waals surface area contributed by atoms with Crippen molar-refractivity contribution in [3.63, 3.8) is 0 Å². The Balaban J connectivity index is 1.73. The van der Waals surface area contributed by atoms with Gasteiger partial charge in [0.15, 0.2) is 0 Å². The Hall–Kier alpha value is -1.56. The van der Waals surface area contributed by atoms with Crippen molar-refractivity contribution in [2.24, 2.45) is 0 Å². The second-order valence-corrected chi connectivity index (χ2v) is 7.80. The van der Waals surface area contributed by atoms with Crippen LogP contribution in [0.25, 0.3) is 0 Å². The molecule has 0 atom stereocenters. The van der Waals surface area contributed by atoms with Gasteiger partial charge in [0, 0.05) is 29.5 Å². The van der Waals surface area contributed by atoms with E-state index >= 15 is 0 Å². The fourth-order valence-electron chi connectivity index (χ4n) is 2.48. The second-order valence-electron chi connectivity index (χ2n) is 6.77. The van der Waals surface area contributed by atoms with Gasteiger partial charge in [-0.05, 0) is 45.1 Å². The molecule has 1 fully saturated rings. The van der Waals surface area contributed by atoms with Gasteiger partial charge in [-0.15, -0.1) is 11.3 Å². The molecule has 0 unspecified atom stereocenters. The van der Waals surface area contributed by atoms with Crippen LogP contribution in [-0.4, -0.2) is 41.5 Å². The first-order valence-electron chi connectivity index (χ1n) is 7.72. The summed E-state index contributed by atoms with van der Waals surface area (Å²) in [5, 5.41) is 8.03. The van der Waals surface area contributed by atoms with Gasteiger partial charge in [0.05, 0.1) is 6.42 Å². The van der Waals surface area contributed by atoms with Crippen molar-refractivity contribution in [3.8, 4) is 0 Å². The lowest BCUT2D eigenvalue weighted by molar-refractivity contribution is -0.121. The molecule has 0 radical (unpaired) electrons. The summed E-state index contributed by atoms with van der Waals surface area (Å²) in [5.74, 6) is 0.0695. The summed E-state index contributed by atoms with van der Waals surface area (Å²) < 4.78 is 0. The lowest BCUT2D eigenvalue weighted by atomic mass is 10.0. The van der Waals surface area contributed by atoms with E-state index in [4.69, 9.17) is 0 Å². The molecule has 3 amide bonds. The molecule has 1 saturated heterocycles. The average molecular weight is 323 g/mol. The Labute approximate surface area is 136 Å². The number of thiophene rings is 1. The van der Waals surface area contributed by atoms with E-state index in [0.29, 0.717) is 19.5 Å². The average Bonchev–Trinajstić information content (AvgIpc) is 2.90. The summed E-state index contributed by atoms with van der Waals surface area (Å²) in [6.45, 7) is 7.30. The third-order valence-electron chi connectivity index (χ3n) is 3.54. The number of piperidine rings is 1. The minimum Gasteiger partial charge on any atom is -0.353 e. The first-order valence-corrected chi connectivity index (χ1v) is 8.60. The van der Waals surface area contributed by atoms with E-state index in [1.54, 1.807) is 11.3 Å². The summed E-state index contributed by atoms with van der Waals surface area (Å²) in [6, 6.07) is 4.09. The number of hydrogen-bond donors (Lipinski definition) is 2. The quantitative estimate of drug-likeness (QED) is 0.897. The minimum absolute atomic E-state index is 0.0177. The predicted molar refractivity (Wildman–Crippen MR) is 89.0 cm³/mol. The van der Waals surface area contributed by atoms with Crippen LogP contribution in [0.15, 0.2) is 17.5 Å². The highest BCUT2D eigenvalue weighted by molar-refractivity contribution is 7.10. The first kappa shape index (κ1) is 16.8. The van der Waals surface area contributed by atoms with E-state index in [-0.39, 0.29) is 23.5 Å². The fraction of sp³-hybridized carbons (Fsp3) is 0.625. The molecule has 2 rings (SSSR count). The monoisotopic (exact) mass is 323 g/mol. The zero-order valence-electron chi connectivity index (χ0n) is 13.5. The van der Waals surface area contributed by atoms with Crippen LogP contribution >= 0.6 is 11.3 Å². The SMILES string of the molecule is CC(C)(C)NC(=O)N1CCC(NC(=O)Cc2cccs2)CC1. The first-order chi connectivity index (χ1) is 10.3. The van der Waals surface area contributed by atoms with Crippen LogP contribution in [0.1, 0.15) is 38.5 Å². The number of carbonyl (C=O) groups is 2. The maximum absolute atomic E-state index is 12.1. The number of urea groups is 1. The smallest absolute Gasteiger partial charge is 0.317 e. The molecule has 1 aromatic heterocycles. The van der Waals surface area contributed by atoms with Crippen LogP contribution in [0.4, 0.5) is 4.79 Å². The molecule has 6 heteroatoms. The largest absolute Gasteiger partial charge is 0.353 e. The van der Waals surface area contributed by atoms with Gasteiger partial charge in [-0.1, -0.05) is 6.07 Å². The molecular weight excluding hydrogens is 298 g/mol. The van der Waals surface area contributed by atoms with Crippen LogP contribution in [0.2, 0.25) is 0 Å². The van der Waals surface area contributed by atoms with Crippen LogP contribution in [0, 0.1) is 0 Å². The van der Waals surface area contributed by atoms with E-state index in [0.717, 1.165) is 17.7 Å². The van der Waals surface area contributed by atoms with Gasteiger partial charge in [0.2, 0.25) is 5.91 Å². The number of rotatable bonds is 3. The van der Waals surface area contributed by atoms with Crippen molar-refractivity contribution in [2.45, 2.75) is 51.6 Å². The molecule has 0 aliphatic carbocycles. The molecule has 0 bridgehead atoms. The Kier molecular flexibility index (Phi) is 5.45. The molecule has 1 aliphatic heterocycles. The lowest BCUT2D eigenvalue weighted by Gasteiger charge is -2.34. The summed E-state index contributed by atoms with van der Waals surface area (Å²) in [7, 11) is 0. The Bertz CT molecular complexity index is 500. The Morgan fingerprint density at radius 1 is 1.32 bits per heavy atom. The van der Waals surface area contributed by atoms with Crippen molar-refractivity contribution in [2.75, 3.05) is 13.1 Å². The van der Waals surface area contributed by atoms with Crippen molar-refractivity contribution in [3.05, 3.63) is 22.4 Å². The lowest BCUT2D eigenvalue weighted by Crippen LogP contribution is -2.53. The molecule has 5 nitrogen and oxygen atoms in total. The molecule has 1 aromatic rings. The van der Waals surface area contributed by atoms with Crippen LogP contribution in [-0.2, 0) is 11.2 Å². The molecule has 122 valence electrons. The molecule has 1 aliphatic rings. The van der Waals surface area contributed by atoms with E-state index < -0.39 is 0 Å². The van der Waals surface area contributed by atoms with Crippen LogP contribution in [0.3, 0.4) is 0 Å². The van der Waals surface area contributed by atoms with Gasteiger partial charge in [-0.2, -0.15) is 0 Å². The molecule has 0 spiro atoms. The van der Waals surface area contributed by atoms with E-state index in [2.05, 4.69) is 10.6 Å². The van der Waals surface area contributed by atoms with Crippen molar-refractivity contribution < 1.29 is 9.59 Å². The van der Waals surface area contributed by atoms with E-state index in [1.165, 1.54) is 0 Å². The number of carbonyl (C=O) groups excluding carboxylic acids is 2. The standard InChI is InChI=1S/C16H25N3O2S/c1-16(2,3)18-15(21)19-8-6-12(7-9-19)17-14(20)11-13-5-4-10-22-13/h4-5,10,12H,6-9,11H2,1-3H3,(H,17,20)(H,18,21). The number of amides is 3. The third kappa shape index (κ3) is 5.33. The molecule has 0 aromatic carbocycles. The minimum atomic E-state index is -0.219. The molecule has 2 N–H and O–H groups in total. The number of hydrogen-bond acceptors (Lipinski definition) is 3. The van der Waals surface area contributed by atoms with Crippen LogP contribution < -0.4 is 10.6 Å². The third-order valence-corrected chi connectivity index (χ3v) is 4.42. The van der Waals surface area contributed by atoms with Crippen molar-refractivity contribution in [1.29, 1.82) is 0 Å². The number of likely N-dealkylation sites (tertiary alicyclic amines) is 1. The number of nitrogens with one attached hydrogen (secondary N) is 2. The highest BCUT2D eigenvalue weighted by Crippen LogP contribution is 2.13. The Morgan fingerprint density at radius 3 is 2.55 bits per heavy atom. The highest BCUT2D eigenvalue weighted by Gasteiger charge is 2.25. The summed E-state index contributed by atoms with van der Waals surface area (Å²) in [5.41, 5.74) is -0.219. The van der Waals surface area contributed by atoms with E-state index in [1.807, 2.05) is 43.2 Å². The summed E-state index contributed by atoms with van der Waals surface area (Å²) in [6.07, 6.45) is 2.07. The topological polar surface area (TPSA) is 61.4 Å². The molecular formula is C16H25N3O2S. The molecule has 0 saturated carbocycles. The zero-order chi connectivity index (χ0) is 16.2. The predicted octanol–water partition coefficient (Wildman–Crippen LogP) is 2.38. The van der Waals surface area contributed by atoms with Gasteiger partial charge in [-0.25, -0.2) is 4.79 Å². The van der Waals surface area contributed by atoms with Crippen molar-refractivity contribution in [1.82, 2.24) is 15.5 Å². The summed E-state index contributed by atoms with van der Waals surface area (Å²) in [4.78, 5) is 27.0. The van der Waals surface area contributed by atoms with Gasteiger partial charge in [-0.3, -0.25) is 4.79 Å². The van der Waals surface area contributed by atoms with Gasteiger partial charge in [0.1, 0.15) is 0 Å². The van der Waals surface area contributed by atoms with Gasteiger partial charge in [0.25, 0.3) is 0 Å².